The largest absolute Gasteiger partial charge is 0.505 e. The number of anilines is 1. The number of aryl methyl sites for hydroxylation is 2. The van der Waals surface area contributed by atoms with Crippen LogP contribution in [0.5, 0.6) is 5.75 Å². The van der Waals surface area contributed by atoms with Crippen molar-refractivity contribution in [3.63, 3.8) is 0 Å². The summed E-state index contributed by atoms with van der Waals surface area (Å²) in [7, 11) is -4.59. The van der Waals surface area contributed by atoms with Gasteiger partial charge in [0.15, 0.2) is 11.3 Å². The number of sulfonamides is 1. The first-order valence-corrected chi connectivity index (χ1v) is 11.5. The third-order valence-electron chi connectivity index (χ3n) is 5.42. The lowest BCUT2D eigenvalue weighted by Crippen LogP contribution is -2.15. The van der Waals surface area contributed by atoms with E-state index in [9.17, 15) is 26.7 Å². The molecule has 0 atom stereocenters. The number of rotatable bonds is 0. The van der Waals surface area contributed by atoms with Gasteiger partial charge in [0.05, 0.1) is 11.4 Å². The molecule has 3 heterocycles. The quantitative estimate of drug-likeness (QED) is 0.334. The van der Waals surface area contributed by atoms with Crippen molar-refractivity contribution in [1.29, 1.82) is 0 Å². The Bertz CT molecular complexity index is 1560. The number of fused-ring (bicyclic) bond motifs is 5. The van der Waals surface area contributed by atoms with Crippen LogP contribution < -0.4 is 4.72 Å². The van der Waals surface area contributed by atoms with E-state index in [1.165, 1.54) is 0 Å². The highest BCUT2D eigenvalue weighted by Gasteiger charge is 2.28. The minimum Gasteiger partial charge on any atom is -0.505 e. The molecule has 5 rings (SSSR count). The summed E-state index contributed by atoms with van der Waals surface area (Å²) in [4.78, 5) is 2.93. The molecule has 0 saturated heterocycles. The van der Waals surface area contributed by atoms with Gasteiger partial charge >= 0.3 is 0 Å². The summed E-state index contributed by atoms with van der Waals surface area (Å²) < 4.78 is 76.4. The number of aromatic hydroxyl groups is 1. The van der Waals surface area contributed by atoms with Crippen LogP contribution in [0.4, 0.5) is 18.9 Å². The molecule has 0 aliphatic carbocycles. The molecule has 1 aliphatic heterocycles. The van der Waals surface area contributed by atoms with E-state index in [1.54, 1.807) is 0 Å². The maximum Gasteiger partial charge on any atom is 0.265 e. The van der Waals surface area contributed by atoms with Gasteiger partial charge in [-0.05, 0) is 43.0 Å². The molecule has 2 aromatic carbocycles. The molecule has 0 amide bonds. The van der Waals surface area contributed by atoms with Gasteiger partial charge in [-0.2, -0.15) is 4.39 Å². The first-order chi connectivity index (χ1) is 15.7. The molecule has 170 valence electrons. The van der Waals surface area contributed by atoms with E-state index in [0.717, 1.165) is 24.4 Å². The molecule has 0 radical (unpaired) electrons. The van der Waals surface area contributed by atoms with Gasteiger partial charge < -0.3 is 9.63 Å². The number of phenolic OH excluding ortho intramolecular Hbond substituents is 1. The first-order valence-electron chi connectivity index (χ1n) is 9.62. The van der Waals surface area contributed by atoms with Crippen LogP contribution in [-0.4, -0.2) is 23.7 Å². The third kappa shape index (κ3) is 3.57. The van der Waals surface area contributed by atoms with Gasteiger partial charge in [0.25, 0.3) is 10.0 Å². The van der Waals surface area contributed by atoms with Crippen molar-refractivity contribution < 1.29 is 31.2 Å². The number of hydrogen-bond donors (Lipinski definition) is 2. The summed E-state index contributed by atoms with van der Waals surface area (Å²) in [6.45, 7) is 0. The Morgan fingerprint density at radius 1 is 1.06 bits per heavy atom. The molecular formula is C21H13ClF3N3O4S. The van der Waals surface area contributed by atoms with Gasteiger partial charge in [0.2, 0.25) is 5.95 Å². The summed E-state index contributed by atoms with van der Waals surface area (Å²) in [6, 6.07) is 3.73. The second-order valence-corrected chi connectivity index (χ2v) is 9.51. The van der Waals surface area contributed by atoms with Crippen LogP contribution in [0.2, 0.25) is 5.02 Å². The number of pyridine rings is 1. The number of phenols is 1. The molecule has 0 saturated carbocycles. The van der Waals surface area contributed by atoms with Gasteiger partial charge in [-0.25, -0.2) is 22.2 Å². The van der Waals surface area contributed by atoms with Gasteiger partial charge in [-0.1, -0.05) is 16.8 Å². The average molecular weight is 496 g/mol. The Morgan fingerprint density at radius 2 is 1.85 bits per heavy atom. The third-order valence-corrected chi connectivity index (χ3v) is 7.14. The Morgan fingerprint density at radius 3 is 2.64 bits per heavy atom. The van der Waals surface area contributed by atoms with Gasteiger partial charge in [-0.15, -0.1) is 0 Å². The number of halogens is 4. The van der Waals surface area contributed by atoms with Crippen LogP contribution in [0.3, 0.4) is 0 Å². The number of benzene rings is 2. The van der Waals surface area contributed by atoms with Crippen molar-refractivity contribution in [3.8, 4) is 16.9 Å². The van der Waals surface area contributed by atoms with Crippen LogP contribution >= 0.6 is 11.6 Å². The second-order valence-electron chi connectivity index (χ2n) is 7.48. The van der Waals surface area contributed by atoms with Crippen LogP contribution in [-0.2, 0) is 22.9 Å². The zero-order valence-electron chi connectivity index (χ0n) is 16.5. The number of nitrogens with one attached hydrogen (secondary N) is 1. The Balaban J connectivity index is 1.79. The fourth-order valence-corrected chi connectivity index (χ4v) is 5.31. The van der Waals surface area contributed by atoms with Crippen molar-refractivity contribution >= 4 is 38.3 Å². The zero-order valence-corrected chi connectivity index (χ0v) is 18.1. The lowest BCUT2D eigenvalue weighted by molar-refractivity contribution is 0.437. The van der Waals surface area contributed by atoms with E-state index < -0.39 is 43.9 Å². The highest BCUT2D eigenvalue weighted by Crippen LogP contribution is 2.41. The maximum atomic E-state index is 14.7. The SMILES string of the molecule is O=S1(=O)Nc2cc(c(F)cc2F)-c2cnc(F)cc2CCCc2noc3c(Cl)c(O)c1cc23. The summed E-state index contributed by atoms with van der Waals surface area (Å²) in [5.74, 6) is -3.76. The highest BCUT2D eigenvalue weighted by atomic mass is 35.5. The van der Waals surface area contributed by atoms with Gasteiger partial charge in [0, 0.05) is 28.8 Å². The average Bonchev–Trinajstić information content (AvgIpc) is 3.15. The lowest BCUT2D eigenvalue weighted by Gasteiger charge is -2.15. The van der Waals surface area contributed by atoms with Crippen molar-refractivity contribution in [3.05, 3.63) is 64.3 Å². The van der Waals surface area contributed by atoms with Crippen molar-refractivity contribution in [1.82, 2.24) is 10.1 Å². The number of nitrogens with zero attached hydrogens (tertiary/aromatic N) is 2. The fourth-order valence-electron chi connectivity index (χ4n) is 3.83. The molecule has 12 heteroatoms. The van der Waals surface area contributed by atoms with E-state index in [2.05, 4.69) is 10.1 Å². The molecule has 0 spiro atoms. The van der Waals surface area contributed by atoms with Crippen molar-refractivity contribution in [2.24, 2.45) is 0 Å². The predicted octanol–water partition coefficient (Wildman–Crippen LogP) is 4.96. The van der Waals surface area contributed by atoms with Crippen LogP contribution in [0.15, 0.2) is 39.9 Å². The minimum absolute atomic E-state index is 0.0129. The standard InChI is InChI=1S/C21H13ClF3N3O4S/c22-19-20(29)17-6-11-15(27-32-21(11)19)3-1-2-9-4-18(25)26-8-12(9)10-5-16(28-33(17,30)31)14(24)7-13(10)23/h4-8,28-29H,1-3H2. The Hall–Kier alpha value is -3.31. The van der Waals surface area contributed by atoms with Crippen molar-refractivity contribution in [2.75, 3.05) is 4.72 Å². The van der Waals surface area contributed by atoms with Gasteiger partial charge in [-0.3, -0.25) is 4.72 Å². The van der Waals surface area contributed by atoms with Crippen LogP contribution in [0, 0.1) is 17.6 Å². The normalized spacial score (nSPS) is 15.2. The van der Waals surface area contributed by atoms with E-state index in [1.807, 2.05) is 4.72 Å². The summed E-state index contributed by atoms with van der Waals surface area (Å²) in [6.07, 6.45) is 2.06. The summed E-state index contributed by atoms with van der Waals surface area (Å²) in [5, 5.41) is 14.2. The van der Waals surface area contributed by atoms with E-state index in [4.69, 9.17) is 16.1 Å². The maximum absolute atomic E-state index is 14.7. The second kappa shape index (κ2) is 7.63. The molecule has 33 heavy (non-hydrogen) atoms. The smallest absolute Gasteiger partial charge is 0.265 e. The Labute approximate surface area is 189 Å². The molecule has 4 bridgehead atoms. The van der Waals surface area contributed by atoms with E-state index in [0.29, 0.717) is 23.7 Å². The molecular weight excluding hydrogens is 483 g/mol. The molecule has 2 aromatic heterocycles. The molecule has 1 aliphatic rings. The first kappa shape index (κ1) is 21.5. The molecule has 2 N–H and O–H groups in total. The number of hydrogen-bond acceptors (Lipinski definition) is 6. The summed E-state index contributed by atoms with van der Waals surface area (Å²) in [5.41, 5.74) is 0.158. The van der Waals surface area contributed by atoms with Crippen LogP contribution in [0.25, 0.3) is 22.1 Å². The lowest BCUT2D eigenvalue weighted by atomic mass is 9.96. The summed E-state index contributed by atoms with van der Waals surface area (Å²) >= 11 is 6.11. The zero-order chi connectivity index (χ0) is 23.5. The Kier molecular flexibility index (Phi) is 4.98. The van der Waals surface area contributed by atoms with Crippen LogP contribution in [0.1, 0.15) is 17.7 Å². The predicted molar refractivity (Wildman–Crippen MR) is 113 cm³/mol. The monoisotopic (exact) mass is 495 g/mol. The minimum atomic E-state index is -4.59. The topological polar surface area (TPSA) is 105 Å². The van der Waals surface area contributed by atoms with Crippen molar-refractivity contribution in [2.45, 2.75) is 24.2 Å². The van der Waals surface area contributed by atoms with Gasteiger partial charge in [0.1, 0.15) is 21.6 Å². The van der Waals surface area contributed by atoms with E-state index >= 15 is 0 Å². The highest BCUT2D eigenvalue weighted by molar-refractivity contribution is 7.92. The molecule has 0 fully saturated rings. The molecule has 4 aromatic rings. The molecule has 7 nitrogen and oxygen atoms in total. The fraction of sp³-hybridized carbons (Fsp3) is 0.143. The number of aromatic nitrogens is 2. The van der Waals surface area contributed by atoms with E-state index in [-0.39, 0.29) is 40.0 Å². The molecule has 0 unspecified atom stereocenters.